The van der Waals surface area contributed by atoms with E-state index in [1.807, 2.05) is 42.5 Å². The molecule has 0 saturated carbocycles. The molecule has 0 spiro atoms. The summed E-state index contributed by atoms with van der Waals surface area (Å²) in [7, 11) is 0. The number of carbonyl (C=O) groups excluding carboxylic acids is 2. The molecular weight excluding hydrogens is 238 g/mol. The minimum Gasteiger partial charge on any atom is -0.326 e. The predicted octanol–water partition coefficient (Wildman–Crippen LogP) is 3.05. The van der Waals surface area contributed by atoms with Gasteiger partial charge in [0, 0.05) is 11.3 Å². The molecule has 3 rings (SSSR count). The Labute approximate surface area is 111 Å². The Kier molecular flexibility index (Phi) is 2.67. The number of amides is 1. The zero-order valence-electron chi connectivity index (χ0n) is 10.6. The molecule has 0 aromatic heterocycles. The van der Waals surface area contributed by atoms with Gasteiger partial charge in [-0.3, -0.25) is 9.59 Å². The van der Waals surface area contributed by atoms with Gasteiger partial charge in [-0.2, -0.15) is 0 Å². The van der Waals surface area contributed by atoms with Crippen molar-refractivity contribution in [2.24, 2.45) is 0 Å². The van der Waals surface area contributed by atoms with Crippen molar-refractivity contribution in [3.63, 3.8) is 0 Å². The number of hydrogen-bond donors (Lipinski definition) is 1. The van der Waals surface area contributed by atoms with Crippen molar-refractivity contribution in [2.45, 2.75) is 13.3 Å². The van der Waals surface area contributed by atoms with Crippen LogP contribution in [-0.4, -0.2) is 11.7 Å². The first-order valence-electron chi connectivity index (χ1n) is 6.17. The molecule has 2 aromatic rings. The van der Waals surface area contributed by atoms with Crippen LogP contribution >= 0.6 is 0 Å². The largest absolute Gasteiger partial charge is 0.326 e. The van der Waals surface area contributed by atoms with Gasteiger partial charge >= 0.3 is 0 Å². The molecule has 0 aliphatic carbocycles. The van der Waals surface area contributed by atoms with Crippen molar-refractivity contribution in [2.75, 3.05) is 5.32 Å². The second kappa shape index (κ2) is 4.35. The van der Waals surface area contributed by atoms with E-state index < -0.39 is 0 Å². The number of rotatable bonds is 2. The van der Waals surface area contributed by atoms with Gasteiger partial charge in [-0.1, -0.05) is 24.3 Å². The third kappa shape index (κ3) is 2.15. The van der Waals surface area contributed by atoms with E-state index in [1.165, 1.54) is 0 Å². The molecule has 1 amide bonds. The molecule has 1 aliphatic heterocycles. The Hall–Kier alpha value is -2.42. The summed E-state index contributed by atoms with van der Waals surface area (Å²) in [6, 6.07) is 13.4. The molecule has 1 N–H and O–H groups in total. The molecule has 1 aliphatic rings. The van der Waals surface area contributed by atoms with Crippen LogP contribution in [0.4, 0.5) is 5.69 Å². The van der Waals surface area contributed by atoms with Gasteiger partial charge < -0.3 is 5.32 Å². The Balaban J connectivity index is 2.04. The fourth-order valence-electron chi connectivity index (χ4n) is 2.33. The van der Waals surface area contributed by atoms with Crippen LogP contribution in [0.1, 0.15) is 22.8 Å². The number of nitrogens with one attached hydrogen (secondary N) is 1. The van der Waals surface area contributed by atoms with E-state index in [1.54, 1.807) is 6.92 Å². The lowest BCUT2D eigenvalue weighted by Gasteiger charge is -2.06. The van der Waals surface area contributed by atoms with Gasteiger partial charge in [0.1, 0.15) is 0 Å². The average molecular weight is 251 g/mol. The Morgan fingerprint density at radius 3 is 2.68 bits per heavy atom. The SMILES string of the molecule is CC(=O)c1cccc(-c2ccc3c(c2)CC(=O)N3)c1. The summed E-state index contributed by atoms with van der Waals surface area (Å²) in [4.78, 5) is 22.7. The van der Waals surface area contributed by atoms with E-state index in [4.69, 9.17) is 0 Å². The lowest BCUT2D eigenvalue weighted by molar-refractivity contribution is -0.115. The highest BCUT2D eigenvalue weighted by atomic mass is 16.1. The highest BCUT2D eigenvalue weighted by Gasteiger charge is 2.17. The summed E-state index contributed by atoms with van der Waals surface area (Å²) in [6.07, 6.45) is 0.426. The van der Waals surface area contributed by atoms with E-state index in [9.17, 15) is 9.59 Å². The van der Waals surface area contributed by atoms with E-state index >= 15 is 0 Å². The van der Waals surface area contributed by atoms with Gasteiger partial charge in [0.05, 0.1) is 6.42 Å². The summed E-state index contributed by atoms with van der Waals surface area (Å²) in [5.74, 6) is 0.0875. The third-order valence-electron chi connectivity index (χ3n) is 3.33. The van der Waals surface area contributed by atoms with Gasteiger partial charge in [0.2, 0.25) is 5.91 Å². The molecule has 0 fully saturated rings. The molecule has 3 heteroatoms. The quantitative estimate of drug-likeness (QED) is 0.834. The molecular formula is C16H13NO2. The number of benzene rings is 2. The molecule has 0 saturated heterocycles. The highest BCUT2D eigenvalue weighted by Crippen LogP contribution is 2.29. The number of Topliss-reactive ketones (excluding diaryl/α,β-unsaturated/α-hetero) is 1. The Morgan fingerprint density at radius 1 is 1.11 bits per heavy atom. The van der Waals surface area contributed by atoms with Gasteiger partial charge in [0.15, 0.2) is 5.78 Å². The molecule has 94 valence electrons. The number of fused-ring (bicyclic) bond motifs is 1. The third-order valence-corrected chi connectivity index (χ3v) is 3.33. The van der Waals surface area contributed by atoms with E-state index in [0.29, 0.717) is 12.0 Å². The van der Waals surface area contributed by atoms with Crippen LogP contribution in [0.15, 0.2) is 42.5 Å². The minimum atomic E-state index is 0.0321. The van der Waals surface area contributed by atoms with Crippen molar-refractivity contribution in [1.29, 1.82) is 0 Å². The van der Waals surface area contributed by atoms with E-state index in [-0.39, 0.29) is 11.7 Å². The van der Waals surface area contributed by atoms with E-state index in [0.717, 1.165) is 22.4 Å². The summed E-state index contributed by atoms with van der Waals surface area (Å²) >= 11 is 0. The molecule has 0 atom stereocenters. The topological polar surface area (TPSA) is 46.2 Å². The van der Waals surface area contributed by atoms with Crippen LogP contribution in [0, 0.1) is 0 Å². The fraction of sp³-hybridized carbons (Fsp3) is 0.125. The first kappa shape index (κ1) is 11.7. The first-order chi connectivity index (χ1) is 9.13. The maximum Gasteiger partial charge on any atom is 0.228 e. The van der Waals surface area contributed by atoms with Gasteiger partial charge in [-0.15, -0.1) is 0 Å². The van der Waals surface area contributed by atoms with Crippen molar-refractivity contribution in [1.82, 2.24) is 0 Å². The van der Waals surface area contributed by atoms with Crippen molar-refractivity contribution in [3.8, 4) is 11.1 Å². The highest BCUT2D eigenvalue weighted by molar-refractivity contribution is 6.00. The van der Waals surface area contributed by atoms with Crippen molar-refractivity contribution < 1.29 is 9.59 Å². The Morgan fingerprint density at radius 2 is 1.89 bits per heavy atom. The van der Waals surface area contributed by atoms with Gasteiger partial charge in [-0.05, 0) is 41.8 Å². The minimum absolute atomic E-state index is 0.0321. The van der Waals surface area contributed by atoms with Gasteiger partial charge in [0.25, 0.3) is 0 Å². The number of anilines is 1. The van der Waals surface area contributed by atoms with Crippen LogP contribution in [0.25, 0.3) is 11.1 Å². The van der Waals surface area contributed by atoms with Crippen molar-refractivity contribution in [3.05, 3.63) is 53.6 Å². The molecule has 2 aromatic carbocycles. The maximum absolute atomic E-state index is 11.4. The van der Waals surface area contributed by atoms with Crippen LogP contribution in [-0.2, 0) is 11.2 Å². The zero-order chi connectivity index (χ0) is 13.4. The number of ketones is 1. The average Bonchev–Trinajstić information content (AvgIpc) is 2.77. The summed E-state index contributed by atoms with van der Waals surface area (Å²) < 4.78 is 0. The van der Waals surface area contributed by atoms with Gasteiger partial charge in [-0.25, -0.2) is 0 Å². The normalized spacial score (nSPS) is 13.0. The second-order valence-electron chi connectivity index (χ2n) is 4.73. The molecule has 19 heavy (non-hydrogen) atoms. The van der Waals surface area contributed by atoms with Crippen LogP contribution in [0.3, 0.4) is 0 Å². The van der Waals surface area contributed by atoms with E-state index in [2.05, 4.69) is 5.32 Å². The van der Waals surface area contributed by atoms with Crippen LogP contribution in [0.2, 0.25) is 0 Å². The maximum atomic E-state index is 11.4. The molecule has 1 heterocycles. The van der Waals surface area contributed by atoms with Crippen molar-refractivity contribution >= 4 is 17.4 Å². The second-order valence-corrected chi connectivity index (χ2v) is 4.73. The molecule has 0 bridgehead atoms. The smallest absolute Gasteiger partial charge is 0.228 e. The molecule has 0 unspecified atom stereocenters. The lowest BCUT2D eigenvalue weighted by Crippen LogP contribution is -2.03. The first-order valence-corrected chi connectivity index (χ1v) is 6.17. The summed E-state index contributed by atoms with van der Waals surface area (Å²) in [5.41, 5.74) is 4.62. The monoisotopic (exact) mass is 251 g/mol. The zero-order valence-corrected chi connectivity index (χ0v) is 10.6. The molecule has 0 radical (unpaired) electrons. The lowest BCUT2D eigenvalue weighted by atomic mass is 9.99. The summed E-state index contributed by atoms with van der Waals surface area (Å²) in [6.45, 7) is 1.56. The predicted molar refractivity (Wildman–Crippen MR) is 74.2 cm³/mol. The molecule has 3 nitrogen and oxygen atoms in total. The Bertz CT molecular complexity index is 689. The fourth-order valence-corrected chi connectivity index (χ4v) is 2.33. The number of carbonyl (C=O) groups is 2. The van der Waals surface area contributed by atoms with Crippen LogP contribution < -0.4 is 5.32 Å². The standard InChI is InChI=1S/C16H13NO2/c1-10(18)11-3-2-4-12(7-11)13-5-6-15-14(8-13)9-16(19)17-15/h2-8H,9H2,1H3,(H,17,19). The van der Waals surface area contributed by atoms with Crippen LogP contribution in [0.5, 0.6) is 0 Å². The number of hydrogen-bond acceptors (Lipinski definition) is 2. The summed E-state index contributed by atoms with van der Waals surface area (Å²) in [5, 5.41) is 2.81.